The van der Waals surface area contributed by atoms with Crippen LogP contribution in [0.25, 0.3) is 0 Å². The average molecular weight is 322 g/mol. The van der Waals surface area contributed by atoms with Crippen molar-refractivity contribution in [2.24, 2.45) is 5.73 Å². The zero-order valence-electron chi connectivity index (χ0n) is 13.4. The summed E-state index contributed by atoms with van der Waals surface area (Å²) in [5, 5.41) is 1.09. The quantitative estimate of drug-likeness (QED) is 0.925. The molecule has 1 saturated carbocycles. The molecule has 122 valence electrons. The molecule has 2 N–H and O–H groups in total. The Kier molecular flexibility index (Phi) is 4.68. The zero-order valence-corrected chi connectivity index (χ0v) is 14.2. The second-order valence-corrected chi connectivity index (χ2v) is 7.55. The van der Waals surface area contributed by atoms with Gasteiger partial charge in [0.05, 0.1) is 5.54 Å². The van der Waals surface area contributed by atoms with Gasteiger partial charge in [0, 0.05) is 37.3 Å². The number of hydrogen-bond acceptors (Lipinski definition) is 5. The summed E-state index contributed by atoms with van der Waals surface area (Å²) < 4.78 is 0. The van der Waals surface area contributed by atoms with Gasteiger partial charge in [0.1, 0.15) is 0 Å². The predicted octanol–water partition coefficient (Wildman–Crippen LogP) is 2.02. The van der Waals surface area contributed by atoms with Crippen LogP contribution >= 0.6 is 11.3 Å². The second-order valence-electron chi connectivity index (χ2n) is 6.46. The Morgan fingerprint density at radius 2 is 1.95 bits per heavy atom. The predicted molar refractivity (Wildman–Crippen MR) is 90.3 cm³/mol. The van der Waals surface area contributed by atoms with Crippen LogP contribution in [0.4, 0.5) is 5.13 Å². The first-order valence-electron chi connectivity index (χ1n) is 8.40. The Morgan fingerprint density at radius 3 is 2.55 bits per heavy atom. The highest BCUT2D eigenvalue weighted by molar-refractivity contribution is 7.15. The van der Waals surface area contributed by atoms with Crippen LogP contribution in [0.5, 0.6) is 0 Å². The summed E-state index contributed by atoms with van der Waals surface area (Å²) in [5.74, 6) is 0.167. The lowest BCUT2D eigenvalue weighted by atomic mass is 9.81. The second kappa shape index (κ2) is 6.54. The van der Waals surface area contributed by atoms with Crippen molar-refractivity contribution in [1.29, 1.82) is 0 Å². The van der Waals surface area contributed by atoms with Gasteiger partial charge < -0.3 is 15.5 Å². The number of anilines is 1. The lowest BCUT2D eigenvalue weighted by Crippen LogP contribution is -2.60. The summed E-state index contributed by atoms with van der Waals surface area (Å²) in [7, 11) is 0. The monoisotopic (exact) mass is 322 g/mol. The Morgan fingerprint density at radius 1 is 1.27 bits per heavy atom. The van der Waals surface area contributed by atoms with Crippen molar-refractivity contribution >= 4 is 22.4 Å². The van der Waals surface area contributed by atoms with Crippen molar-refractivity contribution in [3.05, 3.63) is 11.1 Å². The molecule has 2 aliphatic rings. The molecule has 1 aromatic heterocycles. The van der Waals surface area contributed by atoms with Gasteiger partial charge in [-0.25, -0.2) is 4.98 Å². The Labute approximate surface area is 136 Å². The fourth-order valence-electron chi connectivity index (χ4n) is 3.42. The summed E-state index contributed by atoms with van der Waals surface area (Å²) in [6, 6.07) is 0. The van der Waals surface area contributed by atoms with Gasteiger partial charge in [-0.15, -0.1) is 11.3 Å². The summed E-state index contributed by atoms with van der Waals surface area (Å²) in [6.45, 7) is 5.40. The number of amides is 1. The molecule has 5 nitrogen and oxygen atoms in total. The third kappa shape index (κ3) is 3.13. The smallest absolute Gasteiger partial charge is 0.242 e. The molecule has 6 heteroatoms. The van der Waals surface area contributed by atoms with E-state index in [1.54, 1.807) is 11.3 Å². The number of carbonyl (C=O) groups is 1. The van der Waals surface area contributed by atoms with Gasteiger partial charge in [-0.05, 0) is 19.3 Å². The largest absolute Gasteiger partial charge is 0.345 e. The maximum atomic E-state index is 12.7. The van der Waals surface area contributed by atoms with E-state index in [0.29, 0.717) is 0 Å². The molecular weight excluding hydrogens is 296 g/mol. The third-order valence-corrected chi connectivity index (χ3v) is 6.10. The number of aromatic nitrogens is 1. The molecule has 0 atom stereocenters. The van der Waals surface area contributed by atoms with E-state index in [9.17, 15) is 4.79 Å². The highest BCUT2D eigenvalue weighted by Crippen LogP contribution is 2.29. The van der Waals surface area contributed by atoms with Crippen LogP contribution in [0.2, 0.25) is 0 Å². The standard InChI is InChI=1S/C16H26N4OS/c1-2-13-12-18-15(22-13)20-10-8-19(9-11-20)14(21)16(17)6-4-3-5-7-16/h12H,2-11,17H2,1H3. The molecule has 1 aromatic rings. The van der Waals surface area contributed by atoms with E-state index >= 15 is 0 Å². The van der Waals surface area contributed by atoms with Crippen LogP contribution in [0, 0.1) is 0 Å². The van der Waals surface area contributed by atoms with Crippen LogP contribution in [0.3, 0.4) is 0 Å². The van der Waals surface area contributed by atoms with Crippen molar-refractivity contribution in [1.82, 2.24) is 9.88 Å². The highest BCUT2D eigenvalue weighted by Gasteiger charge is 2.39. The van der Waals surface area contributed by atoms with Gasteiger partial charge in [-0.2, -0.15) is 0 Å². The average Bonchev–Trinajstić information content (AvgIpc) is 3.04. The first kappa shape index (κ1) is 15.7. The SMILES string of the molecule is CCc1cnc(N2CCN(C(=O)C3(N)CCCCC3)CC2)s1. The molecule has 0 spiro atoms. The van der Waals surface area contributed by atoms with E-state index in [1.807, 2.05) is 11.1 Å². The number of nitrogens with two attached hydrogens (primary N) is 1. The van der Waals surface area contributed by atoms with E-state index in [0.717, 1.165) is 63.4 Å². The van der Waals surface area contributed by atoms with E-state index in [2.05, 4.69) is 16.8 Å². The molecule has 0 aromatic carbocycles. The topological polar surface area (TPSA) is 62.5 Å². The van der Waals surface area contributed by atoms with Crippen LogP contribution in [0.15, 0.2) is 6.20 Å². The molecule has 22 heavy (non-hydrogen) atoms. The van der Waals surface area contributed by atoms with Gasteiger partial charge >= 0.3 is 0 Å². The Balaban J connectivity index is 1.58. The van der Waals surface area contributed by atoms with E-state index in [4.69, 9.17) is 5.73 Å². The number of hydrogen-bond donors (Lipinski definition) is 1. The molecule has 2 heterocycles. The van der Waals surface area contributed by atoms with Crippen LogP contribution in [-0.4, -0.2) is 47.5 Å². The van der Waals surface area contributed by atoms with Crippen LogP contribution < -0.4 is 10.6 Å². The molecule has 1 amide bonds. The van der Waals surface area contributed by atoms with Crippen molar-refractivity contribution in [3.63, 3.8) is 0 Å². The summed E-state index contributed by atoms with van der Waals surface area (Å²) in [5.41, 5.74) is 5.79. The molecule has 1 aliphatic carbocycles. The molecule has 0 radical (unpaired) electrons. The van der Waals surface area contributed by atoms with Gasteiger partial charge in [0.15, 0.2) is 5.13 Å². The van der Waals surface area contributed by atoms with Gasteiger partial charge in [0.25, 0.3) is 0 Å². The molecular formula is C16H26N4OS. The van der Waals surface area contributed by atoms with Crippen LogP contribution in [0.1, 0.15) is 43.9 Å². The number of piperazine rings is 1. The van der Waals surface area contributed by atoms with Crippen molar-refractivity contribution < 1.29 is 4.79 Å². The number of nitrogens with zero attached hydrogens (tertiary/aromatic N) is 3. The summed E-state index contributed by atoms with van der Waals surface area (Å²) >= 11 is 1.76. The molecule has 0 unspecified atom stereocenters. The Hall–Kier alpha value is -1.14. The molecule has 1 saturated heterocycles. The van der Waals surface area contributed by atoms with E-state index in [-0.39, 0.29) is 5.91 Å². The van der Waals surface area contributed by atoms with Gasteiger partial charge in [0.2, 0.25) is 5.91 Å². The van der Waals surface area contributed by atoms with Crippen LogP contribution in [-0.2, 0) is 11.2 Å². The first-order chi connectivity index (χ1) is 10.6. The molecule has 3 rings (SSSR count). The maximum Gasteiger partial charge on any atom is 0.242 e. The van der Waals surface area contributed by atoms with Gasteiger partial charge in [-0.3, -0.25) is 4.79 Å². The summed E-state index contributed by atoms with van der Waals surface area (Å²) in [6.07, 6.45) is 8.07. The number of rotatable bonds is 3. The lowest BCUT2D eigenvalue weighted by Gasteiger charge is -2.41. The first-order valence-corrected chi connectivity index (χ1v) is 9.22. The molecule has 1 aliphatic heterocycles. The molecule has 0 bridgehead atoms. The third-order valence-electron chi connectivity index (χ3n) is 4.90. The minimum Gasteiger partial charge on any atom is -0.345 e. The van der Waals surface area contributed by atoms with E-state index < -0.39 is 5.54 Å². The minimum atomic E-state index is -0.600. The van der Waals surface area contributed by atoms with Crippen molar-refractivity contribution in [2.75, 3.05) is 31.1 Å². The molecule has 2 fully saturated rings. The van der Waals surface area contributed by atoms with E-state index in [1.165, 1.54) is 11.3 Å². The van der Waals surface area contributed by atoms with Crippen molar-refractivity contribution in [2.45, 2.75) is 51.0 Å². The fourth-order valence-corrected chi connectivity index (χ4v) is 4.32. The maximum absolute atomic E-state index is 12.7. The highest BCUT2D eigenvalue weighted by atomic mass is 32.1. The lowest BCUT2D eigenvalue weighted by molar-refractivity contribution is -0.138. The number of carbonyl (C=O) groups excluding carboxylic acids is 1. The summed E-state index contributed by atoms with van der Waals surface area (Å²) in [4.78, 5) is 22.8. The van der Waals surface area contributed by atoms with Crippen molar-refractivity contribution in [3.8, 4) is 0 Å². The van der Waals surface area contributed by atoms with Gasteiger partial charge in [-0.1, -0.05) is 26.2 Å². The normalized spacial score (nSPS) is 21.9. The Bertz CT molecular complexity index is 516. The number of thiazole rings is 1. The minimum absolute atomic E-state index is 0.167. The number of aryl methyl sites for hydroxylation is 1. The zero-order chi connectivity index (χ0) is 15.6. The fraction of sp³-hybridized carbons (Fsp3) is 0.750.